The lowest BCUT2D eigenvalue weighted by atomic mass is 10.0. The van der Waals surface area contributed by atoms with E-state index < -0.39 is 24.3 Å². The Morgan fingerprint density at radius 3 is 2.50 bits per heavy atom. The Balaban J connectivity index is 1.89. The molecule has 0 aliphatic heterocycles. The maximum absolute atomic E-state index is 11.9. The van der Waals surface area contributed by atoms with Crippen LogP contribution in [-0.2, 0) is 16.1 Å². The van der Waals surface area contributed by atoms with E-state index in [0.717, 1.165) is 5.56 Å². The molecule has 2 aromatic rings. The Morgan fingerprint density at radius 2 is 1.82 bits per heavy atom. The van der Waals surface area contributed by atoms with Crippen LogP contribution in [0.3, 0.4) is 0 Å². The van der Waals surface area contributed by atoms with Crippen LogP contribution in [0.25, 0.3) is 0 Å². The largest absolute Gasteiger partial charge is 0.462 e. The first kappa shape index (κ1) is 21.2. The third kappa shape index (κ3) is 5.97. The molecule has 0 saturated carbocycles. The predicted octanol–water partition coefficient (Wildman–Crippen LogP) is 1.77. The van der Waals surface area contributed by atoms with Crippen LogP contribution in [0, 0.1) is 0 Å². The minimum absolute atomic E-state index is 0.0895. The van der Waals surface area contributed by atoms with E-state index in [0.29, 0.717) is 0 Å². The fourth-order valence-electron chi connectivity index (χ4n) is 2.44. The third-order valence-electron chi connectivity index (χ3n) is 3.95. The van der Waals surface area contributed by atoms with Gasteiger partial charge in [0.05, 0.1) is 12.2 Å². The maximum Gasteiger partial charge on any atom is 0.407 e. The summed E-state index contributed by atoms with van der Waals surface area (Å²) in [6.07, 6.45) is -3.38. The van der Waals surface area contributed by atoms with Gasteiger partial charge in [0.25, 0.3) is 0 Å². The predicted molar refractivity (Wildman–Crippen MR) is 102 cm³/mol. The van der Waals surface area contributed by atoms with E-state index in [2.05, 4.69) is 5.32 Å². The minimum Gasteiger partial charge on any atom is -0.462 e. The van der Waals surface area contributed by atoms with Gasteiger partial charge in [-0.2, -0.15) is 0 Å². The highest BCUT2D eigenvalue weighted by molar-refractivity contribution is 5.95. The molecule has 2 atom stereocenters. The van der Waals surface area contributed by atoms with Crippen molar-refractivity contribution in [2.45, 2.75) is 25.7 Å². The number of nitrogen functional groups attached to an aromatic ring is 1. The highest BCUT2D eigenvalue weighted by Crippen LogP contribution is 2.22. The normalized spacial score (nSPS) is 12.7. The van der Waals surface area contributed by atoms with Gasteiger partial charge >= 0.3 is 12.1 Å². The molecule has 150 valence electrons. The van der Waals surface area contributed by atoms with Gasteiger partial charge in [0.2, 0.25) is 0 Å². The number of carbonyl (C=O) groups is 2. The average Bonchev–Trinajstić information content (AvgIpc) is 2.71. The number of carbonyl (C=O) groups excluding carboxylic acids is 2. The summed E-state index contributed by atoms with van der Waals surface area (Å²) in [5.41, 5.74) is 7.15. The maximum atomic E-state index is 11.9. The number of benzene rings is 2. The number of aliphatic hydroxyl groups excluding tert-OH is 2. The van der Waals surface area contributed by atoms with Crippen LogP contribution in [-0.4, -0.2) is 41.5 Å². The monoisotopic (exact) mass is 388 g/mol. The van der Waals surface area contributed by atoms with E-state index in [1.807, 2.05) is 30.3 Å². The van der Waals surface area contributed by atoms with E-state index in [9.17, 15) is 19.8 Å². The van der Waals surface area contributed by atoms with Crippen LogP contribution < -0.4 is 11.1 Å². The van der Waals surface area contributed by atoms with Crippen LogP contribution in [0.1, 0.15) is 34.5 Å². The number of esters is 1. The summed E-state index contributed by atoms with van der Waals surface area (Å²) in [7, 11) is 0. The molecule has 0 bridgehead atoms. The lowest BCUT2D eigenvalue weighted by Gasteiger charge is -2.19. The van der Waals surface area contributed by atoms with Crippen LogP contribution in [0.5, 0.6) is 0 Å². The van der Waals surface area contributed by atoms with Gasteiger partial charge in [0.1, 0.15) is 18.8 Å². The fraction of sp³-hybridized carbons (Fsp3) is 0.300. The molecule has 0 spiro atoms. The summed E-state index contributed by atoms with van der Waals surface area (Å²) in [6.45, 7) is 1.70. The number of hydrogen-bond donors (Lipinski definition) is 4. The van der Waals surface area contributed by atoms with E-state index in [1.165, 1.54) is 18.2 Å². The molecule has 28 heavy (non-hydrogen) atoms. The molecule has 2 rings (SSSR count). The van der Waals surface area contributed by atoms with E-state index in [-0.39, 0.29) is 36.6 Å². The van der Waals surface area contributed by atoms with Crippen LogP contribution in [0.4, 0.5) is 10.5 Å². The van der Waals surface area contributed by atoms with Gasteiger partial charge in [-0.15, -0.1) is 0 Å². The first-order chi connectivity index (χ1) is 13.4. The van der Waals surface area contributed by atoms with Gasteiger partial charge in [-0.25, -0.2) is 9.59 Å². The van der Waals surface area contributed by atoms with Crippen molar-refractivity contribution >= 4 is 17.7 Å². The van der Waals surface area contributed by atoms with Gasteiger partial charge < -0.3 is 30.7 Å². The quantitative estimate of drug-likeness (QED) is 0.400. The molecule has 1 amide bonds. The number of aliphatic hydroxyl groups is 2. The minimum atomic E-state index is -1.34. The zero-order valence-corrected chi connectivity index (χ0v) is 15.5. The van der Waals surface area contributed by atoms with Crippen LogP contribution in [0.2, 0.25) is 0 Å². The summed E-state index contributed by atoms with van der Waals surface area (Å²) in [6, 6.07) is 13.4. The second-order valence-corrected chi connectivity index (χ2v) is 6.02. The average molecular weight is 388 g/mol. The van der Waals surface area contributed by atoms with E-state index in [4.69, 9.17) is 15.2 Å². The van der Waals surface area contributed by atoms with Crippen molar-refractivity contribution in [1.82, 2.24) is 5.32 Å². The van der Waals surface area contributed by atoms with Gasteiger partial charge in [-0.3, -0.25) is 0 Å². The van der Waals surface area contributed by atoms with Gasteiger partial charge in [0, 0.05) is 12.2 Å². The second-order valence-electron chi connectivity index (χ2n) is 6.02. The smallest absolute Gasteiger partial charge is 0.407 e. The van der Waals surface area contributed by atoms with Crippen molar-refractivity contribution in [3.05, 3.63) is 65.2 Å². The molecule has 2 aromatic carbocycles. The molecule has 0 heterocycles. The number of alkyl carbamates (subject to hydrolysis) is 1. The number of anilines is 1. The molecule has 0 aliphatic carbocycles. The van der Waals surface area contributed by atoms with Crippen LogP contribution in [0.15, 0.2) is 48.5 Å². The number of amides is 1. The summed E-state index contributed by atoms with van der Waals surface area (Å²) in [5, 5.41) is 22.8. The fourth-order valence-corrected chi connectivity index (χ4v) is 2.44. The highest BCUT2D eigenvalue weighted by Gasteiger charge is 2.22. The van der Waals surface area contributed by atoms with E-state index >= 15 is 0 Å². The standard InChI is InChI=1S/C20H24N2O6/c1-2-27-19(25)15-10-14(8-9-16(15)21)18(24)17(23)11-22-20(26)28-12-13-6-4-3-5-7-13/h3-10,17-18,23-24H,2,11-12,21H2,1H3,(H,22,26). The molecule has 8 nitrogen and oxygen atoms in total. The summed E-state index contributed by atoms with van der Waals surface area (Å²) in [5.74, 6) is -0.619. The molecule has 0 aromatic heterocycles. The van der Waals surface area contributed by atoms with Gasteiger partial charge in [-0.1, -0.05) is 36.4 Å². The number of nitrogens with one attached hydrogen (secondary N) is 1. The highest BCUT2D eigenvalue weighted by atomic mass is 16.5. The molecular formula is C20H24N2O6. The number of ether oxygens (including phenoxy) is 2. The number of hydrogen-bond acceptors (Lipinski definition) is 7. The van der Waals surface area contributed by atoms with Crippen molar-refractivity contribution in [3.63, 3.8) is 0 Å². The number of rotatable bonds is 8. The summed E-state index contributed by atoms with van der Waals surface area (Å²) in [4.78, 5) is 23.6. The Bertz CT molecular complexity index is 797. The van der Waals surface area contributed by atoms with E-state index in [1.54, 1.807) is 6.92 Å². The summed E-state index contributed by atoms with van der Waals surface area (Å²) >= 11 is 0. The first-order valence-electron chi connectivity index (χ1n) is 8.79. The number of nitrogens with two attached hydrogens (primary N) is 1. The van der Waals surface area contributed by atoms with Crippen molar-refractivity contribution in [2.24, 2.45) is 0 Å². The lowest BCUT2D eigenvalue weighted by Crippen LogP contribution is -2.35. The molecular weight excluding hydrogens is 364 g/mol. The topological polar surface area (TPSA) is 131 Å². The Morgan fingerprint density at radius 1 is 1.11 bits per heavy atom. The second kappa shape index (κ2) is 10.3. The molecule has 0 fully saturated rings. The summed E-state index contributed by atoms with van der Waals surface area (Å²) < 4.78 is 9.95. The zero-order chi connectivity index (χ0) is 20.5. The van der Waals surface area contributed by atoms with Gasteiger partial charge in [-0.05, 0) is 30.2 Å². The molecule has 0 radical (unpaired) electrons. The molecule has 2 unspecified atom stereocenters. The zero-order valence-electron chi connectivity index (χ0n) is 15.5. The Hall–Kier alpha value is -3.10. The van der Waals surface area contributed by atoms with Gasteiger partial charge in [0.15, 0.2) is 0 Å². The molecule has 5 N–H and O–H groups in total. The molecule has 0 saturated heterocycles. The molecule has 0 aliphatic rings. The Kier molecular flexibility index (Phi) is 7.79. The van der Waals surface area contributed by atoms with Crippen molar-refractivity contribution in [2.75, 3.05) is 18.9 Å². The SMILES string of the molecule is CCOC(=O)c1cc(C(O)C(O)CNC(=O)OCc2ccccc2)ccc1N. The van der Waals surface area contributed by atoms with Crippen molar-refractivity contribution < 1.29 is 29.3 Å². The third-order valence-corrected chi connectivity index (χ3v) is 3.95. The Labute approximate surface area is 162 Å². The first-order valence-corrected chi connectivity index (χ1v) is 8.79. The van der Waals surface area contributed by atoms with Crippen molar-refractivity contribution in [1.29, 1.82) is 0 Å². The molecule has 8 heteroatoms. The lowest BCUT2D eigenvalue weighted by molar-refractivity contribution is 0.0183. The van der Waals surface area contributed by atoms with Crippen LogP contribution >= 0.6 is 0 Å². The van der Waals surface area contributed by atoms with Crippen molar-refractivity contribution in [3.8, 4) is 0 Å².